The van der Waals surface area contributed by atoms with Gasteiger partial charge in [0.1, 0.15) is 6.61 Å². The fourth-order valence-electron chi connectivity index (χ4n) is 0.807. The quantitative estimate of drug-likeness (QED) is 0.632. The molecule has 0 bridgehead atoms. The van der Waals surface area contributed by atoms with Crippen LogP contribution in [0.5, 0.6) is 0 Å². The summed E-state index contributed by atoms with van der Waals surface area (Å²) in [6.45, 7) is 6.08. The van der Waals surface area contributed by atoms with Gasteiger partial charge >= 0.3 is 0 Å². The molecule has 0 saturated heterocycles. The van der Waals surface area contributed by atoms with Crippen molar-refractivity contribution in [3.05, 3.63) is 0 Å². The SMILES string of the molecule is CCOCC(=O)NC(C)(CC)CO. The summed E-state index contributed by atoms with van der Waals surface area (Å²) in [5.41, 5.74) is -0.520. The second kappa shape index (κ2) is 5.94. The van der Waals surface area contributed by atoms with Crippen molar-refractivity contribution in [2.75, 3.05) is 19.8 Å². The predicted molar refractivity (Wildman–Crippen MR) is 50.4 cm³/mol. The first kappa shape index (κ1) is 12.4. The number of hydrogen-bond donors (Lipinski definition) is 2. The van der Waals surface area contributed by atoms with Gasteiger partial charge in [-0.2, -0.15) is 0 Å². The summed E-state index contributed by atoms with van der Waals surface area (Å²) in [6, 6.07) is 0. The van der Waals surface area contributed by atoms with Gasteiger partial charge in [0, 0.05) is 6.61 Å². The number of aliphatic hydroxyl groups excluding tert-OH is 1. The third-order valence-corrected chi connectivity index (χ3v) is 2.01. The van der Waals surface area contributed by atoms with Crippen molar-refractivity contribution in [1.82, 2.24) is 5.32 Å². The number of nitrogens with one attached hydrogen (secondary N) is 1. The molecule has 1 amide bonds. The maximum Gasteiger partial charge on any atom is 0.246 e. The lowest BCUT2D eigenvalue weighted by molar-refractivity contribution is -0.127. The van der Waals surface area contributed by atoms with Gasteiger partial charge in [-0.25, -0.2) is 0 Å². The van der Waals surface area contributed by atoms with Crippen LogP contribution < -0.4 is 5.32 Å². The minimum absolute atomic E-state index is 0.0542. The van der Waals surface area contributed by atoms with Gasteiger partial charge in [-0.1, -0.05) is 6.92 Å². The molecule has 0 spiro atoms. The fraction of sp³-hybridized carbons (Fsp3) is 0.889. The number of amides is 1. The smallest absolute Gasteiger partial charge is 0.246 e. The van der Waals surface area contributed by atoms with Crippen LogP contribution in [0.4, 0.5) is 0 Å². The molecule has 0 radical (unpaired) electrons. The molecule has 0 aliphatic heterocycles. The average Bonchev–Trinajstić information content (AvgIpc) is 2.14. The molecule has 0 rings (SSSR count). The topological polar surface area (TPSA) is 58.6 Å². The van der Waals surface area contributed by atoms with Crippen LogP contribution in [0.2, 0.25) is 0 Å². The minimum Gasteiger partial charge on any atom is -0.394 e. The van der Waals surface area contributed by atoms with E-state index in [2.05, 4.69) is 5.32 Å². The number of ether oxygens (including phenoxy) is 1. The van der Waals surface area contributed by atoms with Crippen molar-refractivity contribution in [2.24, 2.45) is 0 Å². The summed E-state index contributed by atoms with van der Waals surface area (Å²) in [6.07, 6.45) is 0.696. The van der Waals surface area contributed by atoms with E-state index >= 15 is 0 Å². The Labute approximate surface area is 79.3 Å². The van der Waals surface area contributed by atoms with Crippen molar-refractivity contribution in [3.63, 3.8) is 0 Å². The highest BCUT2D eigenvalue weighted by atomic mass is 16.5. The third kappa shape index (κ3) is 4.85. The number of hydrogen-bond acceptors (Lipinski definition) is 3. The molecule has 0 saturated carbocycles. The van der Waals surface area contributed by atoms with Gasteiger partial charge in [-0.05, 0) is 20.3 Å². The average molecular weight is 189 g/mol. The van der Waals surface area contributed by atoms with Gasteiger partial charge in [0.2, 0.25) is 5.91 Å². The van der Waals surface area contributed by atoms with Crippen LogP contribution in [0.15, 0.2) is 0 Å². The molecule has 1 atom stereocenters. The summed E-state index contributed by atoms with van der Waals surface area (Å²) in [7, 11) is 0. The summed E-state index contributed by atoms with van der Waals surface area (Å²) in [4.78, 5) is 11.2. The Hall–Kier alpha value is -0.610. The number of carbonyl (C=O) groups is 1. The van der Waals surface area contributed by atoms with E-state index in [1.165, 1.54) is 0 Å². The van der Waals surface area contributed by atoms with Crippen LogP contribution in [0.1, 0.15) is 27.2 Å². The molecule has 0 heterocycles. The molecule has 1 unspecified atom stereocenters. The summed E-state index contributed by atoms with van der Waals surface area (Å²) >= 11 is 0. The van der Waals surface area contributed by atoms with Gasteiger partial charge < -0.3 is 15.2 Å². The van der Waals surface area contributed by atoms with Crippen LogP contribution in [0.25, 0.3) is 0 Å². The Morgan fingerprint density at radius 1 is 1.54 bits per heavy atom. The zero-order valence-electron chi connectivity index (χ0n) is 8.59. The normalized spacial score (nSPS) is 15.1. The second-order valence-electron chi connectivity index (χ2n) is 3.26. The van der Waals surface area contributed by atoms with Crippen molar-refractivity contribution in [2.45, 2.75) is 32.7 Å². The molecule has 78 valence electrons. The van der Waals surface area contributed by atoms with Crippen molar-refractivity contribution < 1.29 is 14.6 Å². The maximum absolute atomic E-state index is 11.2. The number of rotatable bonds is 6. The first-order valence-corrected chi connectivity index (χ1v) is 4.57. The molecule has 4 heteroatoms. The fourth-order valence-corrected chi connectivity index (χ4v) is 0.807. The highest BCUT2D eigenvalue weighted by molar-refractivity contribution is 5.78. The molecule has 0 aromatic heterocycles. The van der Waals surface area contributed by atoms with E-state index in [0.29, 0.717) is 13.0 Å². The zero-order chi connectivity index (χ0) is 10.3. The summed E-state index contributed by atoms with van der Waals surface area (Å²) < 4.78 is 4.94. The summed E-state index contributed by atoms with van der Waals surface area (Å²) in [5, 5.41) is 11.7. The lowest BCUT2D eigenvalue weighted by Gasteiger charge is -2.26. The van der Waals surface area contributed by atoms with E-state index in [-0.39, 0.29) is 19.1 Å². The molecule has 0 fully saturated rings. The van der Waals surface area contributed by atoms with E-state index in [9.17, 15) is 4.79 Å². The van der Waals surface area contributed by atoms with Crippen molar-refractivity contribution >= 4 is 5.91 Å². The molecular formula is C9H19NO3. The van der Waals surface area contributed by atoms with E-state index in [4.69, 9.17) is 9.84 Å². The van der Waals surface area contributed by atoms with Crippen LogP contribution in [0.3, 0.4) is 0 Å². The lowest BCUT2D eigenvalue weighted by atomic mass is 10.0. The first-order chi connectivity index (χ1) is 6.08. The van der Waals surface area contributed by atoms with E-state index < -0.39 is 5.54 Å². The van der Waals surface area contributed by atoms with Gasteiger partial charge in [0.25, 0.3) is 0 Å². The van der Waals surface area contributed by atoms with Gasteiger partial charge in [0.05, 0.1) is 12.1 Å². The number of aliphatic hydroxyl groups is 1. The Balaban J connectivity index is 3.87. The van der Waals surface area contributed by atoms with Gasteiger partial charge in [-0.3, -0.25) is 4.79 Å². The predicted octanol–water partition coefficient (Wildman–Crippen LogP) is 0.300. The molecule has 0 aromatic carbocycles. The Morgan fingerprint density at radius 3 is 2.54 bits per heavy atom. The van der Waals surface area contributed by atoms with Gasteiger partial charge in [0.15, 0.2) is 0 Å². The second-order valence-corrected chi connectivity index (χ2v) is 3.26. The van der Waals surface area contributed by atoms with Crippen LogP contribution in [0, 0.1) is 0 Å². The van der Waals surface area contributed by atoms with Crippen molar-refractivity contribution in [3.8, 4) is 0 Å². The van der Waals surface area contributed by atoms with Crippen LogP contribution in [-0.4, -0.2) is 36.4 Å². The largest absolute Gasteiger partial charge is 0.394 e. The third-order valence-electron chi connectivity index (χ3n) is 2.01. The van der Waals surface area contributed by atoms with Crippen LogP contribution in [-0.2, 0) is 9.53 Å². The standard InChI is InChI=1S/C9H19NO3/c1-4-9(3,7-11)10-8(12)6-13-5-2/h11H,4-7H2,1-3H3,(H,10,12). The van der Waals surface area contributed by atoms with E-state index in [1.807, 2.05) is 13.8 Å². The highest BCUT2D eigenvalue weighted by Crippen LogP contribution is 2.06. The van der Waals surface area contributed by atoms with Crippen LogP contribution >= 0.6 is 0 Å². The van der Waals surface area contributed by atoms with E-state index in [0.717, 1.165) is 0 Å². The monoisotopic (exact) mass is 189 g/mol. The first-order valence-electron chi connectivity index (χ1n) is 4.57. The Kier molecular flexibility index (Phi) is 5.66. The molecule has 4 nitrogen and oxygen atoms in total. The number of carbonyl (C=O) groups excluding carboxylic acids is 1. The van der Waals surface area contributed by atoms with Gasteiger partial charge in [-0.15, -0.1) is 0 Å². The molecule has 0 aliphatic rings. The molecule has 0 aromatic rings. The highest BCUT2D eigenvalue weighted by Gasteiger charge is 2.22. The molecule has 13 heavy (non-hydrogen) atoms. The molecular weight excluding hydrogens is 170 g/mol. The Bertz CT molecular complexity index is 155. The summed E-state index contributed by atoms with van der Waals surface area (Å²) in [5.74, 6) is -0.180. The molecule has 2 N–H and O–H groups in total. The zero-order valence-corrected chi connectivity index (χ0v) is 8.59. The minimum atomic E-state index is -0.520. The van der Waals surface area contributed by atoms with E-state index in [1.54, 1.807) is 6.92 Å². The maximum atomic E-state index is 11.2. The lowest BCUT2D eigenvalue weighted by Crippen LogP contribution is -2.49. The van der Waals surface area contributed by atoms with Crippen molar-refractivity contribution in [1.29, 1.82) is 0 Å². The Morgan fingerprint density at radius 2 is 2.15 bits per heavy atom. The molecule has 0 aliphatic carbocycles.